The summed E-state index contributed by atoms with van der Waals surface area (Å²) in [6, 6.07) is 11.7. The number of benzene rings is 2. The first-order chi connectivity index (χ1) is 13.5. The van der Waals surface area contributed by atoms with Crippen molar-refractivity contribution in [1.29, 1.82) is 0 Å². The highest BCUT2D eigenvalue weighted by molar-refractivity contribution is 5.73. The quantitative estimate of drug-likeness (QED) is 0.686. The normalized spacial score (nSPS) is 16.6. The van der Waals surface area contributed by atoms with Gasteiger partial charge in [0, 0.05) is 25.1 Å². The minimum Gasteiger partial charge on any atom is -0.408 e. The van der Waals surface area contributed by atoms with E-state index in [4.69, 9.17) is 4.42 Å². The Bertz CT molecular complexity index is 1080. The van der Waals surface area contributed by atoms with Crippen LogP contribution in [0.2, 0.25) is 0 Å². The van der Waals surface area contributed by atoms with Crippen LogP contribution in [0.15, 0.2) is 51.7 Å². The lowest BCUT2D eigenvalue weighted by molar-refractivity contribution is -0.0177. The molecule has 0 amide bonds. The molecule has 28 heavy (non-hydrogen) atoms. The van der Waals surface area contributed by atoms with Gasteiger partial charge < -0.3 is 9.52 Å². The van der Waals surface area contributed by atoms with E-state index in [-0.39, 0.29) is 5.82 Å². The van der Waals surface area contributed by atoms with Gasteiger partial charge in [0.1, 0.15) is 5.82 Å². The van der Waals surface area contributed by atoms with Gasteiger partial charge >= 0.3 is 5.76 Å². The lowest BCUT2D eigenvalue weighted by Crippen LogP contribution is -2.45. The molecule has 1 aliphatic rings. The first-order valence-corrected chi connectivity index (χ1v) is 9.30. The standard InChI is InChI=1S/C22H21FN2O3/c23-18-6-3-17(4-7-18)15-22(27)9-12-25(13-10-22)11-1-2-16-5-8-19-20(14-16)28-21(26)24-19/h3-8,14,27H,9-13,15H2,(H,24,26). The lowest BCUT2D eigenvalue weighted by atomic mass is 9.85. The summed E-state index contributed by atoms with van der Waals surface area (Å²) < 4.78 is 18.1. The van der Waals surface area contributed by atoms with Crippen LogP contribution in [0.4, 0.5) is 4.39 Å². The molecule has 2 aromatic carbocycles. The first-order valence-electron chi connectivity index (χ1n) is 9.30. The van der Waals surface area contributed by atoms with Gasteiger partial charge in [0.2, 0.25) is 0 Å². The largest absolute Gasteiger partial charge is 0.417 e. The topological polar surface area (TPSA) is 69.5 Å². The maximum absolute atomic E-state index is 13.0. The second kappa shape index (κ2) is 7.63. The fourth-order valence-corrected chi connectivity index (χ4v) is 3.56. The number of aromatic amines is 1. The smallest absolute Gasteiger partial charge is 0.408 e. The van der Waals surface area contributed by atoms with Crippen molar-refractivity contribution >= 4 is 11.1 Å². The highest BCUT2D eigenvalue weighted by atomic mass is 19.1. The van der Waals surface area contributed by atoms with Gasteiger partial charge in [-0.2, -0.15) is 0 Å². The Morgan fingerprint density at radius 1 is 1.18 bits per heavy atom. The lowest BCUT2D eigenvalue weighted by Gasteiger charge is -2.37. The van der Waals surface area contributed by atoms with E-state index in [9.17, 15) is 14.3 Å². The van der Waals surface area contributed by atoms with Crippen molar-refractivity contribution in [3.05, 3.63) is 70.0 Å². The number of fused-ring (bicyclic) bond motifs is 1. The molecule has 6 heteroatoms. The van der Waals surface area contributed by atoms with E-state index < -0.39 is 11.4 Å². The average Bonchev–Trinajstić information content (AvgIpc) is 3.05. The van der Waals surface area contributed by atoms with Crippen LogP contribution in [-0.4, -0.2) is 40.2 Å². The van der Waals surface area contributed by atoms with E-state index in [0.29, 0.717) is 36.9 Å². The van der Waals surface area contributed by atoms with Gasteiger partial charge in [-0.05, 0) is 48.7 Å². The summed E-state index contributed by atoms with van der Waals surface area (Å²) in [5.41, 5.74) is 2.15. The van der Waals surface area contributed by atoms with Crippen molar-refractivity contribution in [2.45, 2.75) is 24.9 Å². The van der Waals surface area contributed by atoms with E-state index in [1.807, 2.05) is 6.07 Å². The zero-order valence-electron chi connectivity index (χ0n) is 15.4. The minimum absolute atomic E-state index is 0.262. The Morgan fingerprint density at radius 3 is 2.68 bits per heavy atom. The maximum atomic E-state index is 13.0. The Hall–Kier alpha value is -2.88. The number of nitrogens with one attached hydrogen (secondary N) is 1. The Morgan fingerprint density at radius 2 is 1.93 bits per heavy atom. The van der Waals surface area contributed by atoms with Gasteiger partial charge in [-0.1, -0.05) is 24.0 Å². The molecule has 0 unspecified atom stereocenters. The zero-order valence-corrected chi connectivity index (χ0v) is 15.4. The van der Waals surface area contributed by atoms with E-state index >= 15 is 0 Å². The van der Waals surface area contributed by atoms with Crippen LogP contribution in [0.3, 0.4) is 0 Å². The van der Waals surface area contributed by atoms with Crippen LogP contribution in [0.25, 0.3) is 11.1 Å². The third-order valence-corrected chi connectivity index (χ3v) is 5.19. The summed E-state index contributed by atoms with van der Waals surface area (Å²) in [6.07, 6.45) is 1.85. The molecule has 5 nitrogen and oxygen atoms in total. The number of likely N-dealkylation sites (tertiary alicyclic amines) is 1. The van der Waals surface area contributed by atoms with Crippen molar-refractivity contribution < 1.29 is 13.9 Å². The van der Waals surface area contributed by atoms with Crippen LogP contribution >= 0.6 is 0 Å². The fraction of sp³-hybridized carbons (Fsp3) is 0.318. The number of hydrogen-bond donors (Lipinski definition) is 2. The fourth-order valence-electron chi connectivity index (χ4n) is 3.56. The molecule has 2 N–H and O–H groups in total. The Labute approximate surface area is 161 Å². The number of piperidine rings is 1. The third-order valence-electron chi connectivity index (χ3n) is 5.19. The summed E-state index contributed by atoms with van der Waals surface area (Å²) in [7, 11) is 0. The highest BCUT2D eigenvalue weighted by Gasteiger charge is 2.32. The summed E-state index contributed by atoms with van der Waals surface area (Å²) in [5.74, 6) is 5.51. The van der Waals surface area contributed by atoms with Crippen LogP contribution in [-0.2, 0) is 6.42 Å². The SMILES string of the molecule is O=c1[nH]c2ccc(C#CCN3CCC(O)(Cc4ccc(F)cc4)CC3)cc2o1. The molecule has 1 aromatic heterocycles. The molecule has 0 spiro atoms. The number of hydrogen-bond acceptors (Lipinski definition) is 4. The molecule has 3 aromatic rings. The second-order valence-electron chi connectivity index (χ2n) is 7.33. The van der Waals surface area contributed by atoms with E-state index in [0.717, 1.165) is 24.2 Å². The molecule has 1 fully saturated rings. The molecule has 144 valence electrons. The van der Waals surface area contributed by atoms with Gasteiger partial charge in [-0.15, -0.1) is 0 Å². The molecule has 0 aliphatic carbocycles. The number of halogens is 1. The molecule has 0 saturated carbocycles. The van der Waals surface area contributed by atoms with Crippen molar-refractivity contribution in [1.82, 2.24) is 9.88 Å². The van der Waals surface area contributed by atoms with E-state index in [1.54, 1.807) is 24.3 Å². The van der Waals surface area contributed by atoms with Gasteiger partial charge in [0.15, 0.2) is 5.58 Å². The highest BCUT2D eigenvalue weighted by Crippen LogP contribution is 2.26. The molecule has 1 saturated heterocycles. The summed E-state index contributed by atoms with van der Waals surface area (Å²) in [4.78, 5) is 16.0. The molecule has 0 radical (unpaired) electrons. The summed E-state index contributed by atoms with van der Waals surface area (Å²) in [5, 5.41) is 10.8. The Kier molecular flexibility index (Phi) is 5.03. The molecular formula is C22H21FN2O3. The molecule has 4 rings (SSSR count). The molecule has 2 heterocycles. The maximum Gasteiger partial charge on any atom is 0.417 e. The van der Waals surface area contributed by atoms with Gasteiger partial charge in [0.25, 0.3) is 0 Å². The summed E-state index contributed by atoms with van der Waals surface area (Å²) >= 11 is 0. The van der Waals surface area contributed by atoms with Crippen LogP contribution in [0.1, 0.15) is 24.0 Å². The van der Waals surface area contributed by atoms with Crippen molar-refractivity contribution in [2.75, 3.05) is 19.6 Å². The van der Waals surface area contributed by atoms with Crippen LogP contribution in [0.5, 0.6) is 0 Å². The van der Waals surface area contributed by atoms with Crippen molar-refractivity contribution in [3.63, 3.8) is 0 Å². The number of oxazole rings is 1. The van der Waals surface area contributed by atoms with E-state index in [2.05, 4.69) is 21.7 Å². The predicted octanol–water partition coefficient (Wildman–Crippen LogP) is 2.68. The zero-order chi connectivity index (χ0) is 19.6. The number of H-pyrrole nitrogens is 1. The van der Waals surface area contributed by atoms with Gasteiger partial charge in [-0.25, -0.2) is 9.18 Å². The average molecular weight is 380 g/mol. The van der Waals surface area contributed by atoms with Crippen LogP contribution in [0, 0.1) is 17.7 Å². The van der Waals surface area contributed by atoms with Gasteiger partial charge in [0.05, 0.1) is 17.7 Å². The minimum atomic E-state index is -0.751. The van der Waals surface area contributed by atoms with Crippen molar-refractivity contribution in [2.24, 2.45) is 0 Å². The predicted molar refractivity (Wildman–Crippen MR) is 104 cm³/mol. The Balaban J connectivity index is 1.32. The number of aromatic nitrogens is 1. The van der Waals surface area contributed by atoms with E-state index in [1.165, 1.54) is 12.1 Å². The molecule has 0 atom stereocenters. The monoisotopic (exact) mass is 380 g/mol. The number of aliphatic hydroxyl groups is 1. The molecule has 0 bridgehead atoms. The van der Waals surface area contributed by atoms with Crippen LogP contribution < -0.4 is 5.76 Å². The third kappa shape index (κ3) is 4.33. The number of rotatable bonds is 3. The number of nitrogens with zero attached hydrogens (tertiary/aromatic N) is 1. The second-order valence-corrected chi connectivity index (χ2v) is 7.33. The van der Waals surface area contributed by atoms with Gasteiger partial charge in [-0.3, -0.25) is 9.88 Å². The summed E-state index contributed by atoms with van der Waals surface area (Å²) in [6.45, 7) is 2.14. The molecular weight excluding hydrogens is 359 g/mol. The molecule has 1 aliphatic heterocycles. The van der Waals surface area contributed by atoms with Crippen molar-refractivity contribution in [3.8, 4) is 11.8 Å². The first kappa shape index (κ1) is 18.5.